The Balaban J connectivity index is 2.33. The summed E-state index contributed by atoms with van der Waals surface area (Å²) in [5, 5.41) is 13.3. The third kappa shape index (κ3) is 3.98. The van der Waals surface area contributed by atoms with Gasteiger partial charge in [0, 0.05) is 18.7 Å². The number of nitro benzene ring substituents is 1. The number of nitro groups is 1. The van der Waals surface area contributed by atoms with Crippen LogP contribution in [0, 0.1) is 22.5 Å². The highest BCUT2D eigenvalue weighted by Crippen LogP contribution is 2.16. The first-order chi connectivity index (χ1) is 7.74. The fourth-order valence-corrected chi connectivity index (χ4v) is 1.07. The molecule has 0 saturated heterocycles. The van der Waals surface area contributed by atoms with Gasteiger partial charge in [-0.3, -0.25) is 10.1 Å². The van der Waals surface area contributed by atoms with Gasteiger partial charge in [-0.1, -0.05) is 5.92 Å². The van der Waals surface area contributed by atoms with Crippen molar-refractivity contribution in [1.82, 2.24) is 5.32 Å². The Kier molecular flexibility index (Phi) is 4.83. The lowest BCUT2D eigenvalue weighted by Gasteiger charge is -2.05. The summed E-state index contributed by atoms with van der Waals surface area (Å²) in [6.07, 6.45) is 5.05. The second-order valence-corrected chi connectivity index (χ2v) is 2.98. The summed E-state index contributed by atoms with van der Waals surface area (Å²) in [7, 11) is 0. The van der Waals surface area contributed by atoms with Gasteiger partial charge < -0.3 is 10.1 Å². The molecule has 0 aliphatic carbocycles. The van der Waals surface area contributed by atoms with Crippen molar-refractivity contribution in [3.05, 3.63) is 34.4 Å². The number of hydrogen-bond donors (Lipinski definition) is 1. The van der Waals surface area contributed by atoms with Gasteiger partial charge in [0.2, 0.25) is 0 Å². The summed E-state index contributed by atoms with van der Waals surface area (Å²) in [6.45, 7) is 1.62. The molecule has 0 aliphatic heterocycles. The van der Waals surface area contributed by atoms with Gasteiger partial charge in [0.05, 0.1) is 11.5 Å². The van der Waals surface area contributed by atoms with Crippen molar-refractivity contribution in [1.29, 1.82) is 0 Å². The molecule has 0 bridgehead atoms. The van der Waals surface area contributed by atoms with E-state index in [1.807, 2.05) is 0 Å². The zero-order valence-electron chi connectivity index (χ0n) is 8.68. The monoisotopic (exact) mass is 220 g/mol. The van der Waals surface area contributed by atoms with E-state index >= 15 is 0 Å². The molecule has 1 N–H and O–H groups in total. The number of hydrogen-bond acceptors (Lipinski definition) is 4. The highest BCUT2D eigenvalue weighted by atomic mass is 16.6. The second kappa shape index (κ2) is 6.43. The maximum Gasteiger partial charge on any atom is 0.269 e. The minimum Gasteiger partial charge on any atom is -0.492 e. The second-order valence-electron chi connectivity index (χ2n) is 2.98. The van der Waals surface area contributed by atoms with Crippen LogP contribution in [0.2, 0.25) is 0 Å². The third-order valence-electron chi connectivity index (χ3n) is 1.82. The lowest BCUT2D eigenvalue weighted by molar-refractivity contribution is -0.384. The molecule has 0 fully saturated rings. The van der Waals surface area contributed by atoms with E-state index in [0.717, 1.165) is 0 Å². The van der Waals surface area contributed by atoms with E-state index in [1.165, 1.54) is 12.1 Å². The molecule has 1 aromatic rings. The fraction of sp³-hybridized carbons (Fsp3) is 0.273. The van der Waals surface area contributed by atoms with Crippen molar-refractivity contribution in [2.24, 2.45) is 0 Å². The maximum atomic E-state index is 10.4. The van der Waals surface area contributed by atoms with Crippen LogP contribution in [-0.4, -0.2) is 24.6 Å². The number of terminal acetylenes is 1. The lowest BCUT2D eigenvalue weighted by atomic mass is 10.3. The minimum absolute atomic E-state index is 0.0535. The number of nitrogens with one attached hydrogen (secondary N) is 1. The van der Waals surface area contributed by atoms with Crippen molar-refractivity contribution in [2.45, 2.75) is 0 Å². The molecule has 0 spiro atoms. The molecule has 0 amide bonds. The smallest absolute Gasteiger partial charge is 0.269 e. The normalized spacial score (nSPS) is 9.44. The molecular formula is C11H12N2O3. The Morgan fingerprint density at radius 3 is 2.69 bits per heavy atom. The first kappa shape index (κ1) is 12.0. The Bertz CT molecular complexity index is 381. The van der Waals surface area contributed by atoms with Crippen LogP contribution in [0.25, 0.3) is 0 Å². The number of rotatable bonds is 6. The third-order valence-corrected chi connectivity index (χ3v) is 1.82. The predicted molar refractivity (Wildman–Crippen MR) is 60.3 cm³/mol. The summed E-state index contributed by atoms with van der Waals surface area (Å²) in [5.74, 6) is 3.05. The molecule has 0 heterocycles. The summed E-state index contributed by atoms with van der Waals surface area (Å²) < 4.78 is 5.33. The van der Waals surface area contributed by atoms with E-state index in [-0.39, 0.29) is 5.69 Å². The molecule has 1 aromatic carbocycles. The van der Waals surface area contributed by atoms with Crippen molar-refractivity contribution in [3.63, 3.8) is 0 Å². The van der Waals surface area contributed by atoms with Gasteiger partial charge in [-0.05, 0) is 12.1 Å². The van der Waals surface area contributed by atoms with Crippen molar-refractivity contribution < 1.29 is 9.66 Å². The molecule has 5 nitrogen and oxygen atoms in total. The van der Waals surface area contributed by atoms with Crippen LogP contribution in [-0.2, 0) is 0 Å². The Hall–Kier alpha value is -2.06. The van der Waals surface area contributed by atoms with E-state index in [1.54, 1.807) is 12.1 Å². The van der Waals surface area contributed by atoms with Crippen LogP contribution in [0.1, 0.15) is 0 Å². The summed E-state index contributed by atoms with van der Waals surface area (Å²) >= 11 is 0. The standard InChI is InChI=1S/C11H12N2O3/c1-2-7-12-8-9-16-11-5-3-10(4-6-11)13(14)15/h1,3-6,12H,7-9H2. The molecule has 1 rings (SSSR count). The van der Waals surface area contributed by atoms with E-state index in [9.17, 15) is 10.1 Å². The molecular weight excluding hydrogens is 208 g/mol. The first-order valence-corrected chi connectivity index (χ1v) is 4.75. The largest absolute Gasteiger partial charge is 0.492 e. The van der Waals surface area contributed by atoms with Gasteiger partial charge in [0.15, 0.2) is 0 Å². The number of nitrogens with zero attached hydrogens (tertiary/aromatic N) is 1. The van der Waals surface area contributed by atoms with Crippen LogP contribution in [0.4, 0.5) is 5.69 Å². The summed E-state index contributed by atoms with van der Waals surface area (Å²) in [6, 6.07) is 5.95. The molecule has 0 saturated carbocycles. The van der Waals surface area contributed by atoms with Crippen LogP contribution in [0.15, 0.2) is 24.3 Å². The average Bonchev–Trinajstić information content (AvgIpc) is 2.29. The topological polar surface area (TPSA) is 64.4 Å². The molecule has 0 atom stereocenters. The molecule has 5 heteroatoms. The SMILES string of the molecule is C#CCNCCOc1ccc([N+](=O)[O-])cc1. The highest BCUT2D eigenvalue weighted by Gasteiger charge is 2.03. The zero-order valence-corrected chi connectivity index (χ0v) is 8.68. The molecule has 0 unspecified atom stereocenters. The number of non-ortho nitro benzene ring substituents is 1. The van der Waals surface area contributed by atoms with Crippen LogP contribution >= 0.6 is 0 Å². The van der Waals surface area contributed by atoms with Crippen molar-refractivity contribution in [3.8, 4) is 18.1 Å². The molecule has 0 aromatic heterocycles. The van der Waals surface area contributed by atoms with E-state index < -0.39 is 4.92 Å². The summed E-state index contributed by atoms with van der Waals surface area (Å²) in [5.41, 5.74) is 0.0535. The quantitative estimate of drug-likeness (QED) is 0.338. The van der Waals surface area contributed by atoms with Crippen LogP contribution in [0.5, 0.6) is 5.75 Å². The highest BCUT2D eigenvalue weighted by molar-refractivity contribution is 5.35. The molecule has 16 heavy (non-hydrogen) atoms. The summed E-state index contributed by atoms with van der Waals surface area (Å²) in [4.78, 5) is 9.93. The molecule has 84 valence electrons. The van der Waals surface area contributed by atoms with Crippen LogP contribution in [0.3, 0.4) is 0 Å². The van der Waals surface area contributed by atoms with Gasteiger partial charge in [0.1, 0.15) is 12.4 Å². The van der Waals surface area contributed by atoms with Gasteiger partial charge in [-0.2, -0.15) is 0 Å². The van der Waals surface area contributed by atoms with Crippen molar-refractivity contribution >= 4 is 5.69 Å². The Morgan fingerprint density at radius 2 is 2.12 bits per heavy atom. The minimum atomic E-state index is -0.446. The Labute approximate surface area is 93.6 Å². The lowest BCUT2D eigenvalue weighted by Crippen LogP contribution is -2.21. The fourth-order valence-electron chi connectivity index (χ4n) is 1.07. The van der Waals surface area contributed by atoms with Gasteiger partial charge in [-0.15, -0.1) is 6.42 Å². The molecule has 0 aliphatic rings. The van der Waals surface area contributed by atoms with E-state index in [4.69, 9.17) is 11.2 Å². The first-order valence-electron chi connectivity index (χ1n) is 4.75. The maximum absolute atomic E-state index is 10.4. The van der Waals surface area contributed by atoms with Gasteiger partial charge in [0.25, 0.3) is 5.69 Å². The predicted octanol–water partition coefficient (Wildman–Crippen LogP) is 1.20. The average molecular weight is 220 g/mol. The number of benzene rings is 1. The van der Waals surface area contributed by atoms with Gasteiger partial charge >= 0.3 is 0 Å². The van der Waals surface area contributed by atoms with Crippen LogP contribution < -0.4 is 10.1 Å². The zero-order chi connectivity index (χ0) is 11.8. The van der Waals surface area contributed by atoms with E-state index in [0.29, 0.717) is 25.4 Å². The molecule has 0 radical (unpaired) electrons. The Morgan fingerprint density at radius 1 is 1.44 bits per heavy atom. The van der Waals surface area contributed by atoms with Crippen molar-refractivity contribution in [2.75, 3.05) is 19.7 Å². The number of ether oxygens (including phenoxy) is 1. The van der Waals surface area contributed by atoms with Gasteiger partial charge in [-0.25, -0.2) is 0 Å². The van der Waals surface area contributed by atoms with E-state index in [2.05, 4.69) is 11.2 Å².